The van der Waals surface area contributed by atoms with Gasteiger partial charge in [0, 0.05) is 13.5 Å². The molecule has 0 aromatic rings. The third-order valence-electron chi connectivity index (χ3n) is 1.66. The summed E-state index contributed by atoms with van der Waals surface area (Å²) in [7, 11) is 1.69. The second-order valence-corrected chi connectivity index (χ2v) is 2.30. The van der Waals surface area contributed by atoms with Crippen molar-refractivity contribution in [3.8, 4) is 0 Å². The van der Waals surface area contributed by atoms with Crippen molar-refractivity contribution in [1.82, 2.24) is 0 Å². The van der Waals surface area contributed by atoms with Crippen LogP contribution in [0.1, 0.15) is 25.7 Å². The van der Waals surface area contributed by atoms with Crippen LogP contribution in [0.2, 0.25) is 0 Å². The highest BCUT2D eigenvalue weighted by atomic mass is 16.1. The minimum Gasteiger partial charge on any atom is -0.293 e. The van der Waals surface area contributed by atoms with Crippen LogP contribution in [-0.2, 0) is 4.79 Å². The van der Waals surface area contributed by atoms with E-state index in [0.29, 0.717) is 6.42 Å². The van der Waals surface area contributed by atoms with E-state index in [2.05, 4.69) is 4.99 Å². The largest absolute Gasteiger partial charge is 0.293 e. The Balaban J connectivity index is 2.60. The molecule has 0 aliphatic heterocycles. The molecule has 0 saturated heterocycles. The minimum absolute atomic E-state index is 0.253. The van der Waals surface area contributed by atoms with Crippen LogP contribution in [0.4, 0.5) is 0 Å². The summed E-state index contributed by atoms with van der Waals surface area (Å²) in [6, 6.07) is 0. The van der Waals surface area contributed by atoms with Crippen LogP contribution in [0.3, 0.4) is 0 Å². The smallest absolute Gasteiger partial charge is 0.176 e. The van der Waals surface area contributed by atoms with Gasteiger partial charge in [-0.05, 0) is 19.3 Å². The molecule has 1 fully saturated rings. The number of carbonyl (C=O) groups excluding carboxylic acids is 1. The Morgan fingerprint density at radius 1 is 1.33 bits per heavy atom. The third-order valence-corrected chi connectivity index (χ3v) is 1.66. The highest BCUT2D eigenvalue weighted by Crippen LogP contribution is 2.10. The number of carbonyl (C=O) groups is 1. The van der Waals surface area contributed by atoms with E-state index >= 15 is 0 Å². The van der Waals surface area contributed by atoms with Gasteiger partial charge in [-0.3, -0.25) is 9.79 Å². The Hall–Kier alpha value is -0.660. The molecule has 0 aromatic heterocycles. The fraction of sp³-hybridized carbons (Fsp3) is 0.714. The number of rotatable bonds is 0. The Kier molecular flexibility index (Phi) is 1.98. The topological polar surface area (TPSA) is 29.4 Å². The predicted octanol–water partition coefficient (Wildman–Crippen LogP) is 1.20. The summed E-state index contributed by atoms with van der Waals surface area (Å²) in [5.74, 6) is 0.253. The molecule has 0 unspecified atom stereocenters. The molecular formula is C7H11NO. The second-order valence-electron chi connectivity index (χ2n) is 2.30. The van der Waals surface area contributed by atoms with Gasteiger partial charge in [0.25, 0.3) is 0 Å². The van der Waals surface area contributed by atoms with Crippen molar-refractivity contribution in [3.63, 3.8) is 0 Å². The molecule has 0 heterocycles. The van der Waals surface area contributed by atoms with Crippen molar-refractivity contribution in [2.24, 2.45) is 4.99 Å². The van der Waals surface area contributed by atoms with E-state index in [1.807, 2.05) is 0 Å². The van der Waals surface area contributed by atoms with Crippen molar-refractivity contribution in [2.75, 3.05) is 7.05 Å². The molecule has 1 saturated carbocycles. The molecule has 0 radical (unpaired) electrons. The summed E-state index contributed by atoms with van der Waals surface area (Å²) in [5.41, 5.74) is 0.793. The number of ketones is 1. The minimum atomic E-state index is 0.253. The van der Waals surface area contributed by atoms with E-state index in [4.69, 9.17) is 0 Å². The van der Waals surface area contributed by atoms with Gasteiger partial charge < -0.3 is 0 Å². The second kappa shape index (κ2) is 2.76. The Bertz CT molecular complexity index is 149. The van der Waals surface area contributed by atoms with Gasteiger partial charge in [-0.1, -0.05) is 0 Å². The van der Waals surface area contributed by atoms with Crippen LogP contribution in [-0.4, -0.2) is 18.5 Å². The zero-order valence-electron chi connectivity index (χ0n) is 5.68. The summed E-state index contributed by atoms with van der Waals surface area (Å²) in [6.07, 6.45) is 3.80. The van der Waals surface area contributed by atoms with Gasteiger partial charge in [0.2, 0.25) is 0 Å². The number of Topliss-reactive ketones (excluding diaryl/α,β-unsaturated/α-hetero) is 1. The molecule has 2 heteroatoms. The van der Waals surface area contributed by atoms with Crippen LogP contribution in [0.5, 0.6) is 0 Å². The predicted molar refractivity (Wildman–Crippen MR) is 36.8 cm³/mol. The van der Waals surface area contributed by atoms with Crippen LogP contribution < -0.4 is 0 Å². The first-order valence-electron chi connectivity index (χ1n) is 3.33. The van der Waals surface area contributed by atoms with Crippen molar-refractivity contribution >= 4 is 11.5 Å². The van der Waals surface area contributed by atoms with Crippen LogP contribution in [0.15, 0.2) is 4.99 Å². The first-order valence-corrected chi connectivity index (χ1v) is 3.33. The fourth-order valence-electron chi connectivity index (χ4n) is 1.10. The average molecular weight is 125 g/mol. The zero-order chi connectivity index (χ0) is 6.69. The van der Waals surface area contributed by atoms with Crippen LogP contribution >= 0.6 is 0 Å². The molecule has 0 aromatic carbocycles. The van der Waals surface area contributed by atoms with Gasteiger partial charge in [0.1, 0.15) is 0 Å². The molecule has 9 heavy (non-hydrogen) atoms. The fourth-order valence-corrected chi connectivity index (χ4v) is 1.10. The van der Waals surface area contributed by atoms with E-state index in [0.717, 1.165) is 25.0 Å². The number of nitrogens with zero attached hydrogens (tertiary/aromatic N) is 1. The SMILES string of the molecule is C/N=C1\CCCCC1=O. The molecule has 1 aliphatic carbocycles. The number of hydrogen-bond donors (Lipinski definition) is 0. The van der Waals surface area contributed by atoms with E-state index < -0.39 is 0 Å². The molecule has 1 aliphatic rings. The lowest BCUT2D eigenvalue weighted by Crippen LogP contribution is -2.18. The first-order chi connectivity index (χ1) is 4.34. The number of aliphatic imine (C=N–C) groups is 1. The summed E-state index contributed by atoms with van der Waals surface area (Å²) in [5, 5.41) is 0. The molecule has 0 N–H and O–H groups in total. The number of hydrogen-bond acceptors (Lipinski definition) is 2. The standard InChI is InChI=1S/C7H11NO/c1-8-6-4-2-3-5-7(6)9/h2-5H2,1H3/b8-6+. The van der Waals surface area contributed by atoms with Crippen molar-refractivity contribution < 1.29 is 4.79 Å². The van der Waals surface area contributed by atoms with E-state index in [9.17, 15) is 4.79 Å². The van der Waals surface area contributed by atoms with Crippen LogP contribution in [0, 0.1) is 0 Å². The van der Waals surface area contributed by atoms with Crippen molar-refractivity contribution in [1.29, 1.82) is 0 Å². The van der Waals surface area contributed by atoms with Crippen molar-refractivity contribution in [2.45, 2.75) is 25.7 Å². The van der Waals surface area contributed by atoms with Crippen molar-refractivity contribution in [3.05, 3.63) is 0 Å². The monoisotopic (exact) mass is 125 g/mol. The lowest BCUT2D eigenvalue weighted by molar-refractivity contribution is -0.113. The first kappa shape index (κ1) is 6.46. The van der Waals surface area contributed by atoms with E-state index in [-0.39, 0.29) is 5.78 Å². The third kappa shape index (κ3) is 1.37. The molecule has 1 rings (SSSR count). The summed E-state index contributed by atoms with van der Waals surface area (Å²) >= 11 is 0. The average Bonchev–Trinajstić information content (AvgIpc) is 1.89. The molecule has 0 spiro atoms. The normalized spacial score (nSPS) is 25.0. The highest BCUT2D eigenvalue weighted by Gasteiger charge is 2.14. The lowest BCUT2D eigenvalue weighted by atomic mass is 9.97. The maximum Gasteiger partial charge on any atom is 0.176 e. The molecule has 2 nitrogen and oxygen atoms in total. The molecule has 0 amide bonds. The van der Waals surface area contributed by atoms with Gasteiger partial charge in [0.05, 0.1) is 5.71 Å². The molecular weight excluding hydrogens is 114 g/mol. The van der Waals surface area contributed by atoms with Crippen LogP contribution in [0.25, 0.3) is 0 Å². The van der Waals surface area contributed by atoms with E-state index in [1.54, 1.807) is 7.05 Å². The van der Waals surface area contributed by atoms with Gasteiger partial charge in [-0.15, -0.1) is 0 Å². The molecule has 0 atom stereocenters. The lowest BCUT2D eigenvalue weighted by Gasteiger charge is -2.09. The quantitative estimate of drug-likeness (QED) is 0.478. The molecule has 50 valence electrons. The van der Waals surface area contributed by atoms with E-state index in [1.165, 1.54) is 0 Å². The highest BCUT2D eigenvalue weighted by molar-refractivity contribution is 6.40. The van der Waals surface area contributed by atoms with Gasteiger partial charge >= 0.3 is 0 Å². The summed E-state index contributed by atoms with van der Waals surface area (Å²) < 4.78 is 0. The zero-order valence-corrected chi connectivity index (χ0v) is 5.68. The maximum absolute atomic E-state index is 10.9. The maximum atomic E-state index is 10.9. The summed E-state index contributed by atoms with van der Waals surface area (Å²) in [6.45, 7) is 0. The Labute approximate surface area is 55.0 Å². The summed E-state index contributed by atoms with van der Waals surface area (Å²) in [4.78, 5) is 14.8. The van der Waals surface area contributed by atoms with Gasteiger partial charge in [-0.25, -0.2) is 0 Å². The van der Waals surface area contributed by atoms with Gasteiger partial charge in [0.15, 0.2) is 5.78 Å². The molecule has 0 bridgehead atoms. The Morgan fingerprint density at radius 3 is 2.44 bits per heavy atom. The van der Waals surface area contributed by atoms with Gasteiger partial charge in [-0.2, -0.15) is 0 Å². The Morgan fingerprint density at radius 2 is 2.00 bits per heavy atom.